The van der Waals surface area contributed by atoms with Gasteiger partial charge in [0.2, 0.25) is 0 Å². The van der Waals surface area contributed by atoms with E-state index in [0.717, 1.165) is 0 Å². The van der Waals surface area contributed by atoms with Crippen molar-refractivity contribution in [3.8, 4) is 16.8 Å². The molecule has 0 aliphatic rings. The summed E-state index contributed by atoms with van der Waals surface area (Å²) >= 11 is 7.06. The third-order valence-electron chi connectivity index (χ3n) is 5.18. The minimum Gasteiger partial charge on any atom is -0.346 e. The van der Waals surface area contributed by atoms with Gasteiger partial charge in [-0.3, -0.25) is 14.4 Å². The zero-order valence-electron chi connectivity index (χ0n) is 18.8. The molecule has 1 aromatic carbocycles. The largest absolute Gasteiger partial charge is 0.346 e. The molecule has 0 spiro atoms. The topological polar surface area (TPSA) is 176 Å². The zero-order chi connectivity index (χ0) is 25.8. The Labute approximate surface area is 216 Å². The minimum atomic E-state index is -0.450. The van der Waals surface area contributed by atoms with Crippen LogP contribution in [0.15, 0.2) is 59.7 Å². The Balaban J connectivity index is 1.41. The van der Waals surface area contributed by atoms with Gasteiger partial charge in [0.15, 0.2) is 5.82 Å². The molecule has 0 bridgehead atoms. The van der Waals surface area contributed by atoms with Crippen LogP contribution in [0.1, 0.15) is 31.5 Å². The van der Waals surface area contributed by atoms with Gasteiger partial charge in [0.05, 0.1) is 39.8 Å². The summed E-state index contributed by atoms with van der Waals surface area (Å²) in [7, 11) is 0. The molecule has 0 fully saturated rings. The molecule has 0 aliphatic heterocycles. The van der Waals surface area contributed by atoms with Crippen LogP contribution in [0.2, 0.25) is 4.34 Å². The first-order chi connectivity index (χ1) is 18.0. The molecule has 5 aromatic rings. The van der Waals surface area contributed by atoms with Gasteiger partial charge in [-0.1, -0.05) is 28.1 Å². The number of rotatable bonds is 8. The van der Waals surface area contributed by atoms with Gasteiger partial charge >= 0.3 is 0 Å². The third-order valence-corrected chi connectivity index (χ3v) is 6.41. The number of halogens is 1. The molecule has 4 N–H and O–H groups in total. The highest BCUT2D eigenvalue weighted by molar-refractivity contribution is 7.18. The van der Waals surface area contributed by atoms with Crippen molar-refractivity contribution in [2.45, 2.75) is 13.1 Å². The first-order valence-electron chi connectivity index (χ1n) is 10.8. The van der Waals surface area contributed by atoms with Crippen molar-refractivity contribution >= 4 is 34.8 Å². The molecular weight excluding hydrogens is 520 g/mol. The van der Waals surface area contributed by atoms with Crippen LogP contribution in [0.3, 0.4) is 0 Å². The van der Waals surface area contributed by atoms with Gasteiger partial charge < -0.3 is 15.6 Å². The summed E-state index contributed by atoms with van der Waals surface area (Å²) in [4.78, 5) is 40.9. The fourth-order valence-electron chi connectivity index (χ4n) is 3.44. The Bertz CT molecular complexity index is 1630. The second-order valence-electron chi connectivity index (χ2n) is 7.60. The Kier molecular flexibility index (Phi) is 6.83. The predicted octanol–water partition coefficient (Wildman–Crippen LogP) is 1.71. The SMILES string of the molecule is O=C(NCc1cn(-c2ccc(-c3ccc[nH]c3=O)cc2C(=O)NCc2nn[nH]n2)nn1)c1ccc(Cl)s1. The van der Waals surface area contributed by atoms with E-state index in [1.165, 1.54) is 22.2 Å². The summed E-state index contributed by atoms with van der Waals surface area (Å²) in [5, 5.41) is 27.2. The molecule has 13 nitrogen and oxygen atoms in total. The van der Waals surface area contributed by atoms with Gasteiger partial charge in [-0.05, 0) is 42.0 Å². The molecule has 0 radical (unpaired) electrons. The van der Waals surface area contributed by atoms with E-state index >= 15 is 0 Å². The van der Waals surface area contributed by atoms with Crippen LogP contribution >= 0.6 is 22.9 Å². The number of hydrogen-bond donors (Lipinski definition) is 4. The van der Waals surface area contributed by atoms with Crippen LogP contribution in [-0.4, -0.2) is 52.4 Å². The highest BCUT2D eigenvalue weighted by atomic mass is 35.5. The van der Waals surface area contributed by atoms with Crippen LogP contribution in [0.4, 0.5) is 0 Å². The van der Waals surface area contributed by atoms with E-state index in [0.29, 0.717) is 37.5 Å². The Morgan fingerprint density at radius 1 is 1.05 bits per heavy atom. The lowest BCUT2D eigenvalue weighted by atomic mass is 10.0. The second kappa shape index (κ2) is 10.5. The standard InChI is InChI=1S/C22H17ClN10O3S/c23-18-6-5-17(37-18)22(36)25-9-13-11-33(32-27-13)16-4-3-12(14-2-1-7-24-20(14)34)8-15(16)21(35)26-10-19-28-30-31-29-19/h1-8,11H,9-10H2,(H,24,34)(H,25,36)(H,26,35)(H,28,29,30,31). The Morgan fingerprint density at radius 2 is 1.92 bits per heavy atom. The summed E-state index contributed by atoms with van der Waals surface area (Å²) in [6, 6.07) is 11.6. The van der Waals surface area contributed by atoms with Crippen molar-refractivity contribution in [2.75, 3.05) is 0 Å². The number of thiophene rings is 1. The number of benzene rings is 1. The Hall–Kier alpha value is -4.69. The lowest BCUT2D eigenvalue weighted by molar-refractivity contribution is 0.0944. The maximum absolute atomic E-state index is 13.2. The van der Waals surface area contributed by atoms with E-state index in [9.17, 15) is 14.4 Å². The molecule has 0 saturated heterocycles. The summed E-state index contributed by atoms with van der Waals surface area (Å²) in [5.74, 6) is -0.435. The summed E-state index contributed by atoms with van der Waals surface area (Å²) in [6.07, 6.45) is 3.13. The van der Waals surface area contributed by atoms with Crippen LogP contribution in [-0.2, 0) is 13.1 Å². The van der Waals surface area contributed by atoms with Gasteiger partial charge in [-0.25, -0.2) is 4.68 Å². The lowest BCUT2D eigenvalue weighted by Crippen LogP contribution is -2.25. The van der Waals surface area contributed by atoms with Crippen molar-refractivity contribution < 1.29 is 9.59 Å². The number of tetrazole rings is 1. The number of hydrogen-bond acceptors (Lipinski definition) is 9. The van der Waals surface area contributed by atoms with Crippen LogP contribution in [0.5, 0.6) is 0 Å². The first-order valence-corrected chi connectivity index (χ1v) is 11.9. The van der Waals surface area contributed by atoms with Gasteiger partial charge in [0.1, 0.15) is 5.69 Å². The van der Waals surface area contributed by atoms with E-state index in [-0.39, 0.29) is 30.1 Å². The average molecular weight is 537 g/mol. The van der Waals surface area contributed by atoms with Crippen molar-refractivity contribution in [3.05, 3.63) is 91.5 Å². The number of amides is 2. The quantitative estimate of drug-likeness (QED) is 0.231. The van der Waals surface area contributed by atoms with Gasteiger partial charge in [-0.15, -0.1) is 26.6 Å². The number of carbonyl (C=O) groups excluding carboxylic acids is 2. The van der Waals surface area contributed by atoms with E-state index in [1.54, 1.807) is 48.7 Å². The van der Waals surface area contributed by atoms with Crippen molar-refractivity contribution in [1.82, 2.24) is 51.2 Å². The van der Waals surface area contributed by atoms with E-state index in [2.05, 4.69) is 46.6 Å². The zero-order valence-corrected chi connectivity index (χ0v) is 20.4. The number of pyridine rings is 1. The fraction of sp³-hybridized carbons (Fsp3) is 0.0909. The highest BCUT2D eigenvalue weighted by Gasteiger charge is 2.18. The van der Waals surface area contributed by atoms with Gasteiger partial charge in [-0.2, -0.15) is 5.21 Å². The molecule has 4 aromatic heterocycles. The smallest absolute Gasteiger partial charge is 0.261 e. The number of nitrogens with zero attached hydrogens (tertiary/aromatic N) is 6. The van der Waals surface area contributed by atoms with Gasteiger partial charge in [0.25, 0.3) is 17.4 Å². The third kappa shape index (κ3) is 5.44. The van der Waals surface area contributed by atoms with Crippen LogP contribution in [0.25, 0.3) is 16.8 Å². The van der Waals surface area contributed by atoms with E-state index in [4.69, 9.17) is 11.6 Å². The van der Waals surface area contributed by atoms with Crippen molar-refractivity contribution in [1.29, 1.82) is 0 Å². The number of carbonyl (C=O) groups is 2. The molecule has 0 aliphatic carbocycles. The fourth-order valence-corrected chi connectivity index (χ4v) is 4.40. The molecule has 37 heavy (non-hydrogen) atoms. The predicted molar refractivity (Wildman–Crippen MR) is 133 cm³/mol. The maximum atomic E-state index is 13.2. The van der Waals surface area contributed by atoms with Gasteiger partial charge in [0, 0.05) is 11.8 Å². The number of aromatic amines is 2. The van der Waals surface area contributed by atoms with Crippen LogP contribution < -0.4 is 16.2 Å². The summed E-state index contributed by atoms with van der Waals surface area (Å²) in [5.41, 5.74) is 1.77. The lowest BCUT2D eigenvalue weighted by Gasteiger charge is -2.11. The molecule has 5 rings (SSSR count). The molecular formula is C22H17ClN10O3S. The monoisotopic (exact) mass is 536 g/mol. The number of nitrogens with one attached hydrogen (secondary N) is 4. The number of H-pyrrole nitrogens is 2. The normalized spacial score (nSPS) is 10.8. The molecule has 2 amide bonds. The molecule has 0 saturated carbocycles. The molecule has 4 heterocycles. The van der Waals surface area contributed by atoms with E-state index < -0.39 is 5.91 Å². The van der Waals surface area contributed by atoms with Crippen molar-refractivity contribution in [3.63, 3.8) is 0 Å². The molecule has 0 unspecified atom stereocenters. The average Bonchev–Trinajstić information content (AvgIpc) is 3.68. The highest BCUT2D eigenvalue weighted by Crippen LogP contribution is 2.23. The summed E-state index contributed by atoms with van der Waals surface area (Å²) in [6.45, 7) is 0.150. The first kappa shape index (κ1) is 24.0. The molecule has 186 valence electrons. The second-order valence-corrected chi connectivity index (χ2v) is 9.31. The van der Waals surface area contributed by atoms with Crippen LogP contribution in [0, 0.1) is 0 Å². The number of aromatic nitrogens is 8. The molecule has 15 heteroatoms. The minimum absolute atomic E-state index is 0.0340. The van der Waals surface area contributed by atoms with Crippen molar-refractivity contribution in [2.24, 2.45) is 0 Å². The Morgan fingerprint density at radius 3 is 2.68 bits per heavy atom. The molecule has 0 atom stereocenters. The summed E-state index contributed by atoms with van der Waals surface area (Å²) < 4.78 is 1.94. The maximum Gasteiger partial charge on any atom is 0.261 e. The van der Waals surface area contributed by atoms with E-state index in [1.807, 2.05) is 0 Å².